The summed E-state index contributed by atoms with van der Waals surface area (Å²) in [5.41, 5.74) is 0.879. The second-order valence-electron chi connectivity index (χ2n) is 7.53. The van der Waals surface area contributed by atoms with Gasteiger partial charge in [0.05, 0.1) is 23.9 Å². The zero-order chi connectivity index (χ0) is 20.7. The Morgan fingerprint density at radius 3 is 2.63 bits per heavy atom. The molecule has 0 saturated carbocycles. The van der Waals surface area contributed by atoms with Gasteiger partial charge in [-0.1, -0.05) is 0 Å². The van der Waals surface area contributed by atoms with Crippen LogP contribution < -0.4 is 15.4 Å². The van der Waals surface area contributed by atoms with E-state index in [-0.39, 0.29) is 47.5 Å². The van der Waals surface area contributed by atoms with E-state index in [1.165, 1.54) is 0 Å². The van der Waals surface area contributed by atoms with Gasteiger partial charge in [-0.2, -0.15) is 0 Å². The number of hydrogen-bond acceptors (Lipinski definition) is 5. The quantitative estimate of drug-likeness (QED) is 0.298. The molecule has 1 saturated heterocycles. The number of hydrogen-bond donors (Lipinski definition) is 2. The van der Waals surface area contributed by atoms with Gasteiger partial charge in [0, 0.05) is 25.2 Å². The minimum atomic E-state index is -2.90. The van der Waals surface area contributed by atoms with Crippen molar-refractivity contribution >= 4 is 45.5 Å². The average Bonchev–Trinajstić information content (AvgIpc) is 3.30. The first-order chi connectivity index (χ1) is 13.9. The molecule has 30 heavy (non-hydrogen) atoms. The predicted molar refractivity (Wildman–Crippen MR) is 131 cm³/mol. The number of nitrogens with zero attached hydrogens (tertiary/aromatic N) is 1. The molecule has 1 aliphatic rings. The van der Waals surface area contributed by atoms with E-state index >= 15 is 0 Å². The van der Waals surface area contributed by atoms with Gasteiger partial charge in [0.25, 0.3) is 0 Å². The lowest BCUT2D eigenvalue weighted by Crippen LogP contribution is -2.33. The monoisotopic (exact) mass is 547 g/mol. The van der Waals surface area contributed by atoms with Crippen LogP contribution >= 0.6 is 24.0 Å². The molecule has 166 valence electrons. The van der Waals surface area contributed by atoms with Gasteiger partial charge in [-0.3, -0.25) is 4.99 Å². The molecule has 1 aliphatic heterocycles. The predicted octanol–water partition coefficient (Wildman–Crippen LogP) is 3.72. The highest BCUT2D eigenvalue weighted by atomic mass is 127. The van der Waals surface area contributed by atoms with Gasteiger partial charge in [-0.15, -0.1) is 24.0 Å². The number of halogens is 1. The lowest BCUT2D eigenvalue weighted by atomic mass is 10.1. The second kappa shape index (κ2) is 11.6. The number of furan rings is 1. The molecule has 1 fully saturated rings. The van der Waals surface area contributed by atoms with Crippen molar-refractivity contribution in [2.75, 3.05) is 29.9 Å². The summed E-state index contributed by atoms with van der Waals surface area (Å²) in [6, 6.07) is 11.5. The number of sulfone groups is 1. The number of benzene rings is 1. The first-order valence-electron chi connectivity index (χ1n) is 9.94. The van der Waals surface area contributed by atoms with Crippen LogP contribution in [0.2, 0.25) is 0 Å². The third-order valence-corrected chi connectivity index (χ3v) is 6.40. The number of ether oxygens (including phenoxy) is 1. The summed E-state index contributed by atoms with van der Waals surface area (Å²) in [6.45, 7) is 5.10. The van der Waals surface area contributed by atoms with Crippen LogP contribution in [0, 0.1) is 5.92 Å². The Morgan fingerprint density at radius 2 is 2.03 bits per heavy atom. The second-order valence-corrected chi connectivity index (χ2v) is 9.76. The average molecular weight is 547 g/mol. The number of anilines is 1. The normalized spacial score (nSPS) is 18.1. The molecule has 1 aromatic carbocycles. The fraction of sp³-hybridized carbons (Fsp3) is 0.476. The summed E-state index contributed by atoms with van der Waals surface area (Å²) >= 11 is 0. The van der Waals surface area contributed by atoms with E-state index in [1.54, 1.807) is 6.26 Å². The van der Waals surface area contributed by atoms with Crippen LogP contribution in [0.5, 0.6) is 5.75 Å². The highest BCUT2D eigenvalue weighted by molar-refractivity contribution is 14.0. The Bertz CT molecular complexity index is 897. The SMILES string of the molecule is CC(C)Oc1ccc(NC(=NCC2CCS(=O)(=O)C2)NCCc2ccco2)cc1.I. The fourth-order valence-corrected chi connectivity index (χ4v) is 5.01. The molecule has 1 aromatic heterocycles. The molecular formula is C21H30IN3O4S. The van der Waals surface area contributed by atoms with Crippen molar-refractivity contribution in [3.05, 3.63) is 48.4 Å². The molecule has 1 unspecified atom stereocenters. The largest absolute Gasteiger partial charge is 0.491 e. The molecule has 2 aromatic rings. The van der Waals surface area contributed by atoms with Crippen LogP contribution in [-0.2, 0) is 16.3 Å². The molecule has 2 N–H and O–H groups in total. The first kappa shape index (κ1) is 24.5. The van der Waals surface area contributed by atoms with E-state index in [0.29, 0.717) is 25.5 Å². The van der Waals surface area contributed by atoms with Gasteiger partial charge < -0.3 is 19.8 Å². The number of aliphatic imine (C=N–C) groups is 1. The van der Waals surface area contributed by atoms with Crippen LogP contribution in [0.3, 0.4) is 0 Å². The number of nitrogens with one attached hydrogen (secondary N) is 2. The van der Waals surface area contributed by atoms with E-state index in [4.69, 9.17) is 9.15 Å². The van der Waals surface area contributed by atoms with Crippen LogP contribution in [0.1, 0.15) is 26.0 Å². The summed E-state index contributed by atoms with van der Waals surface area (Å²) in [7, 11) is -2.90. The van der Waals surface area contributed by atoms with Crippen LogP contribution in [0.4, 0.5) is 5.69 Å². The van der Waals surface area contributed by atoms with Gasteiger partial charge >= 0.3 is 0 Å². The smallest absolute Gasteiger partial charge is 0.195 e. The standard InChI is InChI=1S/C21H29N3O4S.HI/c1-16(2)28-20-7-5-18(6-8-20)24-21(22-11-9-19-4-3-12-27-19)23-14-17-10-13-29(25,26)15-17;/h3-8,12,16-17H,9-11,13-15H2,1-2H3,(H2,22,23,24);1H. The van der Waals surface area contributed by atoms with Gasteiger partial charge in [-0.25, -0.2) is 8.42 Å². The molecule has 0 amide bonds. The van der Waals surface area contributed by atoms with E-state index < -0.39 is 9.84 Å². The molecule has 9 heteroatoms. The zero-order valence-electron chi connectivity index (χ0n) is 17.3. The van der Waals surface area contributed by atoms with Crippen LogP contribution in [0.25, 0.3) is 0 Å². The van der Waals surface area contributed by atoms with Crippen molar-refractivity contribution in [1.29, 1.82) is 0 Å². The Labute approximate surface area is 195 Å². The zero-order valence-corrected chi connectivity index (χ0v) is 20.5. The summed E-state index contributed by atoms with van der Waals surface area (Å²) in [5.74, 6) is 2.89. The molecule has 3 rings (SSSR count). The van der Waals surface area contributed by atoms with Crippen LogP contribution in [-0.4, -0.2) is 45.1 Å². The summed E-state index contributed by atoms with van der Waals surface area (Å²) < 4.78 is 34.4. The highest BCUT2D eigenvalue weighted by Crippen LogP contribution is 2.19. The van der Waals surface area contributed by atoms with Gasteiger partial charge in [0.15, 0.2) is 15.8 Å². The topological polar surface area (TPSA) is 92.9 Å². The molecule has 1 atom stereocenters. The Balaban J connectivity index is 0.00000320. The minimum absolute atomic E-state index is 0. The van der Waals surface area contributed by atoms with E-state index in [9.17, 15) is 8.42 Å². The van der Waals surface area contributed by atoms with E-state index in [0.717, 1.165) is 23.6 Å². The third-order valence-electron chi connectivity index (χ3n) is 4.57. The molecule has 0 aliphatic carbocycles. The fourth-order valence-electron chi connectivity index (χ4n) is 3.16. The van der Waals surface area contributed by atoms with Gasteiger partial charge in [0.2, 0.25) is 0 Å². The molecule has 0 bridgehead atoms. The van der Waals surface area contributed by atoms with Gasteiger partial charge in [-0.05, 0) is 62.6 Å². The maximum atomic E-state index is 11.7. The molecule has 7 nitrogen and oxygen atoms in total. The van der Waals surface area contributed by atoms with Crippen LogP contribution in [0.15, 0.2) is 52.1 Å². The lowest BCUT2D eigenvalue weighted by molar-refractivity contribution is 0.242. The van der Waals surface area contributed by atoms with E-state index in [1.807, 2.05) is 50.2 Å². The van der Waals surface area contributed by atoms with Crippen molar-refractivity contribution < 1.29 is 17.6 Å². The van der Waals surface area contributed by atoms with Crippen molar-refractivity contribution in [2.24, 2.45) is 10.9 Å². The number of guanidine groups is 1. The molecular weight excluding hydrogens is 517 g/mol. The minimum Gasteiger partial charge on any atom is -0.491 e. The Hall–Kier alpha value is -1.75. The highest BCUT2D eigenvalue weighted by Gasteiger charge is 2.27. The van der Waals surface area contributed by atoms with Crippen molar-refractivity contribution in [2.45, 2.75) is 32.8 Å². The lowest BCUT2D eigenvalue weighted by Gasteiger charge is -2.14. The molecule has 2 heterocycles. The Morgan fingerprint density at radius 1 is 1.27 bits per heavy atom. The maximum absolute atomic E-state index is 11.7. The summed E-state index contributed by atoms with van der Waals surface area (Å²) in [4.78, 5) is 4.62. The summed E-state index contributed by atoms with van der Waals surface area (Å²) in [6.07, 6.45) is 3.18. The third kappa shape index (κ3) is 8.17. The number of rotatable bonds is 8. The maximum Gasteiger partial charge on any atom is 0.195 e. The van der Waals surface area contributed by atoms with Crippen molar-refractivity contribution in [3.63, 3.8) is 0 Å². The first-order valence-corrected chi connectivity index (χ1v) is 11.8. The Kier molecular flexibility index (Phi) is 9.47. The van der Waals surface area contributed by atoms with Gasteiger partial charge in [0.1, 0.15) is 11.5 Å². The summed E-state index contributed by atoms with van der Waals surface area (Å²) in [5, 5.41) is 6.58. The van der Waals surface area contributed by atoms with E-state index in [2.05, 4.69) is 15.6 Å². The van der Waals surface area contributed by atoms with Crippen molar-refractivity contribution in [3.8, 4) is 5.75 Å². The van der Waals surface area contributed by atoms with Crippen molar-refractivity contribution in [1.82, 2.24) is 5.32 Å². The molecule has 0 radical (unpaired) electrons. The molecule has 0 spiro atoms.